The number of nitrogens with zero attached hydrogens (tertiary/aromatic N) is 1. The van der Waals surface area contributed by atoms with Crippen molar-refractivity contribution in [2.24, 2.45) is 0 Å². The van der Waals surface area contributed by atoms with Crippen LogP contribution in [0.15, 0.2) is 48.5 Å². The molecule has 0 unspecified atom stereocenters. The van der Waals surface area contributed by atoms with Crippen LogP contribution in [0.3, 0.4) is 0 Å². The summed E-state index contributed by atoms with van der Waals surface area (Å²) in [5.74, 6) is -2.61. The molecular weight excluding hydrogens is 298 g/mol. The molecule has 2 aromatic carbocycles. The van der Waals surface area contributed by atoms with Gasteiger partial charge in [0.1, 0.15) is 5.75 Å². The van der Waals surface area contributed by atoms with Gasteiger partial charge in [0.05, 0.1) is 0 Å². The molecule has 0 aliphatic heterocycles. The highest BCUT2D eigenvalue weighted by molar-refractivity contribution is 6.43. The Labute approximate surface area is 132 Å². The third-order valence-corrected chi connectivity index (χ3v) is 3.14. The molecule has 7 heteroatoms. The van der Waals surface area contributed by atoms with Gasteiger partial charge in [0, 0.05) is 24.0 Å². The van der Waals surface area contributed by atoms with Crippen LogP contribution in [0.2, 0.25) is 0 Å². The second-order valence-electron chi connectivity index (χ2n) is 4.79. The Morgan fingerprint density at radius 1 is 1.00 bits per heavy atom. The van der Waals surface area contributed by atoms with Crippen molar-refractivity contribution in [2.75, 3.05) is 17.7 Å². The first-order valence-electron chi connectivity index (χ1n) is 6.66. The van der Waals surface area contributed by atoms with E-state index in [9.17, 15) is 19.5 Å². The summed E-state index contributed by atoms with van der Waals surface area (Å²) in [6, 6.07) is 11.7. The lowest BCUT2D eigenvalue weighted by Gasteiger charge is -2.16. The molecule has 0 atom stereocenters. The van der Waals surface area contributed by atoms with E-state index < -0.39 is 17.7 Å². The van der Waals surface area contributed by atoms with Gasteiger partial charge in [-0.2, -0.15) is 0 Å². The smallest absolute Gasteiger partial charge is 0.316 e. The zero-order valence-electron chi connectivity index (χ0n) is 12.3. The fourth-order valence-corrected chi connectivity index (χ4v) is 1.81. The topological polar surface area (TPSA) is 113 Å². The van der Waals surface area contributed by atoms with Crippen molar-refractivity contribution in [3.63, 3.8) is 0 Å². The molecule has 2 rings (SSSR count). The number of carbonyl (C=O) groups excluding carboxylic acids is 3. The van der Waals surface area contributed by atoms with Crippen molar-refractivity contribution in [1.29, 1.82) is 0 Å². The Morgan fingerprint density at radius 2 is 1.57 bits per heavy atom. The predicted octanol–water partition coefficient (Wildman–Crippen LogP) is 0.894. The number of likely N-dealkylation sites (N-methyl/N-ethyl adjacent to an activating group) is 1. The SMILES string of the molecule is CN(C(=O)C(=O)NC(=O)c1ccc(N)cc1)c1ccc(O)cc1. The normalized spacial score (nSPS) is 9.96. The number of phenols is 1. The van der Waals surface area contributed by atoms with Crippen LogP contribution in [0, 0.1) is 0 Å². The van der Waals surface area contributed by atoms with E-state index in [1.54, 1.807) is 0 Å². The van der Waals surface area contributed by atoms with Gasteiger partial charge in [0.25, 0.3) is 5.91 Å². The van der Waals surface area contributed by atoms with E-state index in [4.69, 9.17) is 5.73 Å². The molecule has 23 heavy (non-hydrogen) atoms. The number of benzene rings is 2. The third-order valence-electron chi connectivity index (χ3n) is 3.14. The highest BCUT2D eigenvalue weighted by Gasteiger charge is 2.22. The largest absolute Gasteiger partial charge is 0.508 e. The molecule has 0 spiro atoms. The van der Waals surface area contributed by atoms with E-state index >= 15 is 0 Å². The Kier molecular flexibility index (Phi) is 4.61. The van der Waals surface area contributed by atoms with Crippen molar-refractivity contribution in [3.8, 4) is 5.75 Å². The van der Waals surface area contributed by atoms with Crippen LogP contribution in [0.5, 0.6) is 5.75 Å². The van der Waals surface area contributed by atoms with Crippen molar-refractivity contribution in [2.45, 2.75) is 0 Å². The summed E-state index contributed by atoms with van der Waals surface area (Å²) in [5, 5.41) is 11.2. The Bertz CT molecular complexity index is 739. The molecule has 118 valence electrons. The average molecular weight is 313 g/mol. The molecule has 0 heterocycles. The van der Waals surface area contributed by atoms with Gasteiger partial charge in [0.2, 0.25) is 0 Å². The van der Waals surface area contributed by atoms with E-state index in [2.05, 4.69) is 0 Å². The summed E-state index contributed by atoms with van der Waals surface area (Å²) in [6.07, 6.45) is 0. The van der Waals surface area contributed by atoms with Crippen LogP contribution < -0.4 is 16.0 Å². The van der Waals surface area contributed by atoms with Gasteiger partial charge in [-0.1, -0.05) is 0 Å². The summed E-state index contributed by atoms with van der Waals surface area (Å²) >= 11 is 0. The van der Waals surface area contributed by atoms with Crippen molar-refractivity contribution < 1.29 is 19.5 Å². The van der Waals surface area contributed by atoms with Gasteiger partial charge in [-0.3, -0.25) is 19.7 Å². The summed E-state index contributed by atoms with van der Waals surface area (Å²) in [7, 11) is 1.39. The minimum absolute atomic E-state index is 0.0394. The molecule has 0 aliphatic carbocycles. The van der Waals surface area contributed by atoms with Gasteiger partial charge in [-0.05, 0) is 48.5 Å². The lowest BCUT2D eigenvalue weighted by Crippen LogP contribution is -2.43. The lowest BCUT2D eigenvalue weighted by atomic mass is 10.2. The Balaban J connectivity index is 2.04. The summed E-state index contributed by atoms with van der Waals surface area (Å²) in [6.45, 7) is 0. The second-order valence-corrected chi connectivity index (χ2v) is 4.79. The van der Waals surface area contributed by atoms with Gasteiger partial charge in [-0.25, -0.2) is 0 Å². The number of anilines is 2. The van der Waals surface area contributed by atoms with Crippen molar-refractivity contribution in [1.82, 2.24) is 5.32 Å². The molecular formula is C16H15N3O4. The minimum Gasteiger partial charge on any atom is -0.508 e. The lowest BCUT2D eigenvalue weighted by molar-refractivity contribution is -0.136. The summed E-state index contributed by atoms with van der Waals surface area (Å²) in [5.41, 5.74) is 6.62. The maximum Gasteiger partial charge on any atom is 0.316 e. The van der Waals surface area contributed by atoms with Crippen LogP contribution >= 0.6 is 0 Å². The number of amides is 3. The number of nitrogens with one attached hydrogen (secondary N) is 1. The van der Waals surface area contributed by atoms with Crippen LogP contribution in [0.1, 0.15) is 10.4 Å². The quantitative estimate of drug-likeness (QED) is 0.563. The molecule has 0 bridgehead atoms. The Morgan fingerprint density at radius 3 is 2.13 bits per heavy atom. The first kappa shape index (κ1) is 16.0. The van der Waals surface area contributed by atoms with E-state index in [-0.39, 0.29) is 11.3 Å². The van der Waals surface area contributed by atoms with Gasteiger partial charge >= 0.3 is 11.8 Å². The molecule has 7 nitrogen and oxygen atoms in total. The molecule has 0 aliphatic rings. The zero-order valence-corrected chi connectivity index (χ0v) is 12.3. The molecule has 2 aromatic rings. The van der Waals surface area contributed by atoms with Crippen LogP contribution in [0.25, 0.3) is 0 Å². The van der Waals surface area contributed by atoms with Crippen LogP contribution in [-0.4, -0.2) is 29.9 Å². The van der Waals surface area contributed by atoms with Gasteiger partial charge in [-0.15, -0.1) is 0 Å². The number of carbonyl (C=O) groups is 3. The molecule has 0 saturated carbocycles. The zero-order chi connectivity index (χ0) is 17.0. The predicted molar refractivity (Wildman–Crippen MR) is 84.8 cm³/mol. The van der Waals surface area contributed by atoms with Crippen LogP contribution in [-0.2, 0) is 9.59 Å². The number of nitrogen functional groups attached to an aromatic ring is 1. The van der Waals surface area contributed by atoms with E-state index in [0.717, 1.165) is 4.90 Å². The fourth-order valence-electron chi connectivity index (χ4n) is 1.81. The molecule has 4 N–H and O–H groups in total. The number of hydrogen-bond donors (Lipinski definition) is 3. The maximum absolute atomic E-state index is 12.0. The number of aromatic hydroxyl groups is 1. The van der Waals surface area contributed by atoms with Gasteiger partial charge in [0.15, 0.2) is 0 Å². The summed E-state index contributed by atoms with van der Waals surface area (Å²) < 4.78 is 0. The monoisotopic (exact) mass is 313 g/mol. The van der Waals surface area contributed by atoms with Crippen molar-refractivity contribution >= 4 is 29.1 Å². The minimum atomic E-state index is -1.05. The van der Waals surface area contributed by atoms with Gasteiger partial charge < -0.3 is 15.7 Å². The number of nitrogens with two attached hydrogens (primary N) is 1. The van der Waals surface area contributed by atoms with Crippen LogP contribution in [0.4, 0.5) is 11.4 Å². The fraction of sp³-hybridized carbons (Fsp3) is 0.0625. The Hall–Kier alpha value is -3.35. The van der Waals surface area contributed by atoms with E-state index in [1.165, 1.54) is 55.6 Å². The first-order chi connectivity index (χ1) is 10.9. The van der Waals surface area contributed by atoms with Crippen molar-refractivity contribution in [3.05, 3.63) is 54.1 Å². The maximum atomic E-state index is 12.0. The number of rotatable bonds is 2. The highest BCUT2D eigenvalue weighted by atomic mass is 16.3. The second kappa shape index (κ2) is 6.61. The molecule has 0 fully saturated rings. The highest BCUT2D eigenvalue weighted by Crippen LogP contribution is 2.17. The van der Waals surface area contributed by atoms with E-state index in [0.29, 0.717) is 11.4 Å². The number of phenolic OH excluding ortho intramolecular Hbond substituents is 1. The van der Waals surface area contributed by atoms with E-state index in [1.807, 2.05) is 5.32 Å². The molecule has 0 aromatic heterocycles. The third kappa shape index (κ3) is 3.85. The summed E-state index contributed by atoms with van der Waals surface area (Å²) in [4.78, 5) is 36.9. The first-order valence-corrected chi connectivity index (χ1v) is 6.66. The average Bonchev–Trinajstić information content (AvgIpc) is 2.54. The molecule has 0 saturated heterocycles. The standard InChI is InChI=1S/C16H15N3O4/c1-19(12-6-8-13(20)9-7-12)16(23)15(22)18-14(21)10-2-4-11(17)5-3-10/h2-9,20H,17H2,1H3,(H,18,21,22). The number of imide groups is 1. The molecule has 0 radical (unpaired) electrons. The number of hydrogen-bond acceptors (Lipinski definition) is 5. The molecule has 3 amide bonds.